The average molecular weight is 294 g/mol. The number of rotatable bonds is 5. The van der Waals surface area contributed by atoms with Crippen LogP contribution in [0, 0.1) is 10.1 Å². The van der Waals surface area contributed by atoms with Crippen LogP contribution in [0.2, 0.25) is 0 Å². The summed E-state index contributed by atoms with van der Waals surface area (Å²) >= 11 is 0. The van der Waals surface area contributed by atoms with Crippen LogP contribution in [0.25, 0.3) is 10.9 Å². The van der Waals surface area contributed by atoms with Crippen LogP contribution in [0.5, 0.6) is 0 Å². The van der Waals surface area contributed by atoms with E-state index in [0.717, 1.165) is 5.69 Å². The first kappa shape index (κ1) is 13.9. The highest BCUT2D eigenvalue weighted by atomic mass is 16.6. The first-order chi connectivity index (χ1) is 10.8. The van der Waals surface area contributed by atoms with Gasteiger partial charge in [-0.1, -0.05) is 6.07 Å². The van der Waals surface area contributed by atoms with Crippen LogP contribution in [0.1, 0.15) is 5.69 Å². The van der Waals surface area contributed by atoms with Crippen LogP contribution in [-0.4, -0.2) is 21.4 Å². The maximum atomic E-state index is 11.4. The number of benzene rings is 1. The van der Waals surface area contributed by atoms with E-state index in [2.05, 4.69) is 15.3 Å². The van der Waals surface area contributed by atoms with Crippen LogP contribution in [-0.2, 0) is 6.42 Å². The molecule has 0 bridgehead atoms. The molecule has 6 nitrogen and oxygen atoms in total. The lowest BCUT2D eigenvalue weighted by Gasteiger charge is -2.08. The Morgan fingerprint density at radius 1 is 1.05 bits per heavy atom. The topological polar surface area (TPSA) is 81.0 Å². The van der Waals surface area contributed by atoms with Gasteiger partial charge in [0.1, 0.15) is 5.69 Å². The highest BCUT2D eigenvalue weighted by molar-refractivity contribution is 5.94. The number of nitro groups is 1. The number of aromatic nitrogens is 2. The summed E-state index contributed by atoms with van der Waals surface area (Å²) in [6.07, 6.45) is 4.06. The SMILES string of the molecule is O=[N+]([O-])c1c(NCCc2ccccn2)ccc2ncccc12. The van der Waals surface area contributed by atoms with Crippen molar-refractivity contribution in [2.75, 3.05) is 11.9 Å². The second kappa shape index (κ2) is 6.17. The molecule has 0 radical (unpaired) electrons. The Morgan fingerprint density at radius 2 is 1.91 bits per heavy atom. The Balaban J connectivity index is 1.84. The Labute approximate surface area is 127 Å². The Bertz CT molecular complexity index is 806. The molecule has 0 aliphatic carbocycles. The first-order valence-electron chi connectivity index (χ1n) is 6.91. The molecule has 0 spiro atoms. The zero-order valence-corrected chi connectivity index (χ0v) is 11.8. The van der Waals surface area contributed by atoms with Gasteiger partial charge in [-0.15, -0.1) is 0 Å². The zero-order chi connectivity index (χ0) is 15.4. The minimum absolute atomic E-state index is 0.0617. The Kier molecular flexibility index (Phi) is 3.91. The number of hydrogen-bond acceptors (Lipinski definition) is 5. The van der Waals surface area contributed by atoms with Gasteiger partial charge >= 0.3 is 5.69 Å². The fourth-order valence-corrected chi connectivity index (χ4v) is 2.35. The molecule has 6 heteroatoms. The summed E-state index contributed by atoms with van der Waals surface area (Å²) in [5, 5.41) is 15.1. The van der Waals surface area contributed by atoms with E-state index in [1.54, 1.807) is 36.7 Å². The molecule has 110 valence electrons. The second-order valence-electron chi connectivity index (χ2n) is 4.79. The number of fused-ring (bicyclic) bond motifs is 1. The summed E-state index contributed by atoms with van der Waals surface area (Å²) in [6, 6.07) is 12.6. The fraction of sp³-hybridized carbons (Fsp3) is 0.125. The molecule has 3 aromatic rings. The van der Waals surface area contributed by atoms with E-state index in [1.807, 2.05) is 18.2 Å². The monoisotopic (exact) mass is 294 g/mol. The van der Waals surface area contributed by atoms with E-state index < -0.39 is 0 Å². The molecule has 22 heavy (non-hydrogen) atoms. The van der Waals surface area contributed by atoms with Crippen LogP contribution in [0.15, 0.2) is 54.9 Å². The summed E-state index contributed by atoms with van der Waals surface area (Å²) in [7, 11) is 0. The molecule has 0 aliphatic rings. The second-order valence-corrected chi connectivity index (χ2v) is 4.79. The van der Waals surface area contributed by atoms with Crippen molar-refractivity contribution in [1.29, 1.82) is 0 Å². The maximum Gasteiger partial charge on any atom is 0.301 e. The number of pyridine rings is 2. The molecule has 3 rings (SSSR count). The summed E-state index contributed by atoms with van der Waals surface area (Å²) in [5.41, 5.74) is 2.12. The maximum absolute atomic E-state index is 11.4. The molecule has 0 saturated carbocycles. The van der Waals surface area contributed by atoms with Gasteiger partial charge in [0.25, 0.3) is 0 Å². The molecule has 0 amide bonds. The van der Waals surface area contributed by atoms with Crippen molar-refractivity contribution in [3.63, 3.8) is 0 Å². The molecule has 0 saturated heterocycles. The third-order valence-corrected chi connectivity index (χ3v) is 3.36. The van der Waals surface area contributed by atoms with E-state index in [-0.39, 0.29) is 10.6 Å². The van der Waals surface area contributed by atoms with Crippen molar-refractivity contribution in [3.05, 3.63) is 70.7 Å². The summed E-state index contributed by atoms with van der Waals surface area (Å²) in [4.78, 5) is 19.4. The van der Waals surface area contributed by atoms with Crippen molar-refractivity contribution in [3.8, 4) is 0 Å². The van der Waals surface area contributed by atoms with Crippen LogP contribution in [0.3, 0.4) is 0 Å². The van der Waals surface area contributed by atoms with Gasteiger partial charge in [0.15, 0.2) is 0 Å². The van der Waals surface area contributed by atoms with E-state index >= 15 is 0 Å². The van der Waals surface area contributed by atoms with Gasteiger partial charge in [0, 0.05) is 31.1 Å². The Hall–Kier alpha value is -3.02. The quantitative estimate of drug-likeness (QED) is 0.577. The van der Waals surface area contributed by atoms with E-state index in [4.69, 9.17) is 0 Å². The molecular formula is C16H14N4O2. The minimum atomic E-state index is -0.368. The molecule has 0 aliphatic heterocycles. The number of anilines is 1. The van der Waals surface area contributed by atoms with Gasteiger partial charge in [-0.05, 0) is 36.4 Å². The number of nitrogens with one attached hydrogen (secondary N) is 1. The standard InChI is InChI=1S/C16H14N4O2/c21-20(22)16-13-5-3-10-18-14(13)6-7-15(16)19-11-8-12-4-1-2-9-17-12/h1-7,9-10,19H,8,11H2. The van der Waals surface area contributed by atoms with Crippen molar-refractivity contribution in [2.45, 2.75) is 6.42 Å². The van der Waals surface area contributed by atoms with Gasteiger partial charge in [0.2, 0.25) is 0 Å². The van der Waals surface area contributed by atoms with Gasteiger partial charge < -0.3 is 5.32 Å². The lowest BCUT2D eigenvalue weighted by molar-refractivity contribution is -0.382. The third kappa shape index (κ3) is 2.85. The van der Waals surface area contributed by atoms with Gasteiger partial charge in [-0.2, -0.15) is 0 Å². The van der Waals surface area contributed by atoms with Crippen molar-refractivity contribution in [2.24, 2.45) is 0 Å². The normalized spacial score (nSPS) is 10.5. The number of nitro benzene ring substituents is 1. The van der Waals surface area contributed by atoms with E-state index in [9.17, 15) is 10.1 Å². The van der Waals surface area contributed by atoms with Crippen LogP contribution >= 0.6 is 0 Å². The van der Waals surface area contributed by atoms with Gasteiger partial charge in [-0.25, -0.2) is 0 Å². The predicted molar refractivity (Wildman–Crippen MR) is 84.8 cm³/mol. The third-order valence-electron chi connectivity index (χ3n) is 3.36. The molecule has 1 N–H and O–H groups in total. The lowest BCUT2D eigenvalue weighted by Crippen LogP contribution is -2.08. The highest BCUT2D eigenvalue weighted by Gasteiger charge is 2.18. The summed E-state index contributed by atoms with van der Waals surface area (Å²) in [5.74, 6) is 0. The van der Waals surface area contributed by atoms with Crippen molar-refractivity contribution in [1.82, 2.24) is 9.97 Å². The van der Waals surface area contributed by atoms with Gasteiger partial charge in [0.05, 0.1) is 15.8 Å². The van der Waals surface area contributed by atoms with Crippen molar-refractivity contribution >= 4 is 22.3 Å². The average Bonchev–Trinajstić information content (AvgIpc) is 2.55. The molecule has 0 unspecified atom stereocenters. The lowest BCUT2D eigenvalue weighted by atomic mass is 10.1. The largest absolute Gasteiger partial charge is 0.379 e. The number of hydrogen-bond donors (Lipinski definition) is 1. The highest BCUT2D eigenvalue weighted by Crippen LogP contribution is 2.32. The fourth-order valence-electron chi connectivity index (χ4n) is 2.35. The molecule has 2 aromatic heterocycles. The Morgan fingerprint density at radius 3 is 2.68 bits per heavy atom. The predicted octanol–water partition coefficient (Wildman–Crippen LogP) is 3.19. The molecule has 0 fully saturated rings. The van der Waals surface area contributed by atoms with E-state index in [0.29, 0.717) is 29.6 Å². The smallest absolute Gasteiger partial charge is 0.301 e. The first-order valence-corrected chi connectivity index (χ1v) is 6.91. The van der Waals surface area contributed by atoms with Crippen molar-refractivity contribution < 1.29 is 4.92 Å². The zero-order valence-electron chi connectivity index (χ0n) is 11.8. The molecule has 2 heterocycles. The van der Waals surface area contributed by atoms with Crippen LogP contribution < -0.4 is 5.32 Å². The summed E-state index contributed by atoms with van der Waals surface area (Å²) < 4.78 is 0. The molecule has 1 aromatic carbocycles. The molecular weight excluding hydrogens is 280 g/mol. The molecule has 0 atom stereocenters. The number of nitrogens with zero attached hydrogens (tertiary/aromatic N) is 3. The van der Waals surface area contributed by atoms with E-state index in [1.165, 1.54) is 0 Å². The summed E-state index contributed by atoms with van der Waals surface area (Å²) in [6.45, 7) is 0.573. The van der Waals surface area contributed by atoms with Gasteiger partial charge in [-0.3, -0.25) is 20.1 Å². The minimum Gasteiger partial charge on any atom is -0.379 e. The van der Waals surface area contributed by atoms with Crippen LogP contribution in [0.4, 0.5) is 11.4 Å².